The maximum absolute atomic E-state index is 12.1. The monoisotopic (exact) mass is 321 g/mol. The molecule has 1 fully saturated rings. The minimum Gasteiger partial charge on any atom is -0.347 e. The molecular weight excluding hydrogens is 309 g/mol. The van der Waals surface area contributed by atoms with Crippen LogP contribution in [0.5, 0.6) is 0 Å². The lowest BCUT2D eigenvalue weighted by molar-refractivity contribution is 0.0935. The summed E-state index contributed by atoms with van der Waals surface area (Å²) in [5.74, 6) is -0.318. The average Bonchev–Trinajstić information content (AvgIpc) is 2.98. The molecule has 1 N–H and O–H groups in total. The number of rotatable bonds is 3. The van der Waals surface area contributed by atoms with E-state index in [1.807, 2.05) is 6.92 Å². The zero-order valence-electron chi connectivity index (χ0n) is 10.5. The van der Waals surface area contributed by atoms with Crippen LogP contribution in [-0.2, 0) is 9.05 Å². The first kappa shape index (κ1) is 14.6. The molecule has 0 spiro atoms. The van der Waals surface area contributed by atoms with Crippen LogP contribution < -0.4 is 5.32 Å². The summed E-state index contributed by atoms with van der Waals surface area (Å²) in [7, 11) is 1.33. The van der Waals surface area contributed by atoms with Gasteiger partial charge in [-0.2, -0.15) is 0 Å². The van der Waals surface area contributed by atoms with Crippen molar-refractivity contribution in [3.05, 3.63) is 28.3 Å². The van der Waals surface area contributed by atoms with E-state index in [1.165, 1.54) is 6.07 Å². The maximum atomic E-state index is 12.1. The van der Waals surface area contributed by atoms with Crippen LogP contribution in [0.3, 0.4) is 0 Å². The summed E-state index contributed by atoms with van der Waals surface area (Å²) in [5.41, 5.74) is 0.564. The topological polar surface area (TPSA) is 63.2 Å². The number of carbonyl (C=O) groups excluding carboxylic acids is 1. The van der Waals surface area contributed by atoms with Gasteiger partial charge in [-0.1, -0.05) is 11.6 Å². The quantitative estimate of drug-likeness (QED) is 0.871. The van der Waals surface area contributed by atoms with Crippen molar-refractivity contribution < 1.29 is 13.2 Å². The summed E-state index contributed by atoms with van der Waals surface area (Å²) in [6.45, 7) is 3.57. The molecule has 2 rings (SSSR count). The summed E-state index contributed by atoms with van der Waals surface area (Å²) in [6.07, 6.45) is 1.85. The fourth-order valence-corrected chi connectivity index (χ4v) is 3.24. The van der Waals surface area contributed by atoms with Gasteiger partial charge in [-0.3, -0.25) is 4.79 Å². The van der Waals surface area contributed by atoms with Gasteiger partial charge in [0.1, 0.15) is 4.90 Å². The largest absolute Gasteiger partial charge is 0.347 e. The van der Waals surface area contributed by atoms with Gasteiger partial charge in [-0.25, -0.2) is 8.42 Å². The molecule has 19 heavy (non-hydrogen) atoms. The predicted molar refractivity (Wildman–Crippen MR) is 74.3 cm³/mol. The van der Waals surface area contributed by atoms with Crippen molar-refractivity contribution in [3.8, 4) is 0 Å². The minimum absolute atomic E-state index is 0.0455. The van der Waals surface area contributed by atoms with Crippen molar-refractivity contribution in [3.63, 3.8) is 0 Å². The minimum atomic E-state index is -3.98. The second-order valence-corrected chi connectivity index (χ2v) is 7.97. The molecule has 1 amide bonds. The Balaban J connectivity index is 2.42. The predicted octanol–water partition coefficient (Wildman–Crippen LogP) is 2.86. The smallest absolute Gasteiger partial charge is 0.262 e. The third kappa shape index (κ3) is 3.22. The highest BCUT2D eigenvalue weighted by Crippen LogP contribution is 2.35. The number of aryl methyl sites for hydroxylation is 1. The Bertz CT molecular complexity index is 651. The van der Waals surface area contributed by atoms with Crippen LogP contribution in [0, 0.1) is 6.92 Å². The molecule has 4 nitrogen and oxygen atoms in total. The van der Waals surface area contributed by atoms with Crippen LogP contribution in [0.4, 0.5) is 0 Å². The number of halogens is 2. The Morgan fingerprint density at radius 3 is 2.42 bits per heavy atom. The summed E-state index contributed by atoms with van der Waals surface area (Å²) in [5, 5.41) is 2.90. The first-order valence-electron chi connectivity index (χ1n) is 5.70. The van der Waals surface area contributed by atoms with Crippen LogP contribution >= 0.6 is 22.3 Å². The van der Waals surface area contributed by atoms with E-state index in [9.17, 15) is 13.2 Å². The second kappa shape index (κ2) is 4.65. The molecular formula is C12H13Cl2NO3S. The van der Waals surface area contributed by atoms with Crippen molar-refractivity contribution in [2.75, 3.05) is 0 Å². The molecule has 7 heteroatoms. The normalized spacial score (nSPS) is 17.1. The Labute approximate surface area is 121 Å². The lowest BCUT2D eigenvalue weighted by atomic mass is 10.1. The molecule has 1 aromatic rings. The average molecular weight is 322 g/mol. The lowest BCUT2D eigenvalue weighted by Gasteiger charge is -2.13. The molecule has 0 radical (unpaired) electrons. The van der Waals surface area contributed by atoms with Gasteiger partial charge in [0.2, 0.25) is 0 Å². The van der Waals surface area contributed by atoms with E-state index in [0.717, 1.165) is 12.8 Å². The molecule has 0 heterocycles. The van der Waals surface area contributed by atoms with Gasteiger partial charge < -0.3 is 5.32 Å². The SMILES string of the molecule is Cc1cc(C(=O)NC2(C)CC2)cc(S(=O)(=O)Cl)c1Cl. The first-order chi connectivity index (χ1) is 8.62. The first-order valence-corrected chi connectivity index (χ1v) is 8.38. The van der Waals surface area contributed by atoms with E-state index in [2.05, 4.69) is 5.32 Å². The standard InChI is InChI=1S/C12H13Cl2NO3S/c1-7-5-8(11(16)15-12(2)3-4-12)6-9(10(7)13)19(14,17)18/h5-6H,3-4H2,1-2H3,(H,15,16). The van der Waals surface area contributed by atoms with E-state index < -0.39 is 9.05 Å². The Morgan fingerprint density at radius 1 is 1.37 bits per heavy atom. The van der Waals surface area contributed by atoms with Crippen LogP contribution in [0.25, 0.3) is 0 Å². The van der Waals surface area contributed by atoms with Gasteiger partial charge in [0, 0.05) is 21.8 Å². The molecule has 1 saturated carbocycles. The molecule has 0 aromatic heterocycles. The lowest BCUT2D eigenvalue weighted by Crippen LogP contribution is -2.34. The number of benzene rings is 1. The van der Waals surface area contributed by atoms with E-state index in [-0.39, 0.29) is 26.9 Å². The van der Waals surface area contributed by atoms with Gasteiger partial charge in [0.05, 0.1) is 5.02 Å². The van der Waals surface area contributed by atoms with E-state index in [4.69, 9.17) is 22.3 Å². The van der Waals surface area contributed by atoms with Crippen molar-refractivity contribution in [2.45, 2.75) is 37.1 Å². The molecule has 0 atom stereocenters. The Morgan fingerprint density at radius 2 is 1.95 bits per heavy atom. The molecule has 0 unspecified atom stereocenters. The van der Waals surface area contributed by atoms with Crippen LogP contribution in [-0.4, -0.2) is 19.9 Å². The number of hydrogen-bond donors (Lipinski definition) is 1. The third-order valence-corrected chi connectivity index (χ3v) is 5.12. The fourth-order valence-electron chi connectivity index (χ4n) is 1.70. The Kier molecular flexibility index (Phi) is 3.58. The van der Waals surface area contributed by atoms with Crippen LogP contribution in [0.1, 0.15) is 35.7 Å². The number of nitrogens with one attached hydrogen (secondary N) is 1. The molecule has 1 aromatic carbocycles. The summed E-state index contributed by atoms with van der Waals surface area (Å²) >= 11 is 5.90. The summed E-state index contributed by atoms with van der Waals surface area (Å²) in [6, 6.07) is 2.76. The number of carbonyl (C=O) groups is 1. The molecule has 1 aliphatic carbocycles. The third-order valence-electron chi connectivity index (χ3n) is 3.16. The zero-order chi connectivity index (χ0) is 14.4. The molecule has 104 valence electrons. The highest BCUT2D eigenvalue weighted by atomic mass is 35.7. The van der Waals surface area contributed by atoms with Gasteiger partial charge in [-0.15, -0.1) is 0 Å². The van der Waals surface area contributed by atoms with Gasteiger partial charge >= 0.3 is 0 Å². The number of hydrogen-bond acceptors (Lipinski definition) is 3. The maximum Gasteiger partial charge on any atom is 0.262 e. The number of amides is 1. The van der Waals surface area contributed by atoms with Crippen LogP contribution in [0.2, 0.25) is 5.02 Å². The summed E-state index contributed by atoms with van der Waals surface area (Å²) in [4.78, 5) is 11.8. The fraction of sp³-hybridized carbons (Fsp3) is 0.417. The van der Waals surface area contributed by atoms with Gasteiger partial charge in [-0.05, 0) is 44.4 Å². The van der Waals surface area contributed by atoms with Crippen LogP contribution in [0.15, 0.2) is 17.0 Å². The van der Waals surface area contributed by atoms with Gasteiger partial charge in [0.15, 0.2) is 0 Å². The highest BCUT2D eigenvalue weighted by Gasteiger charge is 2.39. The van der Waals surface area contributed by atoms with Crippen molar-refractivity contribution >= 4 is 37.2 Å². The molecule has 0 saturated heterocycles. The molecule has 0 aliphatic heterocycles. The highest BCUT2D eigenvalue weighted by molar-refractivity contribution is 8.13. The van der Waals surface area contributed by atoms with Crippen molar-refractivity contribution in [1.29, 1.82) is 0 Å². The van der Waals surface area contributed by atoms with E-state index >= 15 is 0 Å². The van der Waals surface area contributed by atoms with Crippen molar-refractivity contribution in [2.24, 2.45) is 0 Å². The Hall–Kier alpha value is -0.780. The molecule has 0 bridgehead atoms. The zero-order valence-corrected chi connectivity index (χ0v) is 12.8. The van der Waals surface area contributed by atoms with E-state index in [0.29, 0.717) is 5.56 Å². The summed E-state index contributed by atoms with van der Waals surface area (Å²) < 4.78 is 22.9. The second-order valence-electron chi connectivity index (χ2n) is 5.06. The van der Waals surface area contributed by atoms with Crippen molar-refractivity contribution in [1.82, 2.24) is 5.32 Å². The van der Waals surface area contributed by atoms with E-state index in [1.54, 1.807) is 13.0 Å². The van der Waals surface area contributed by atoms with Gasteiger partial charge in [0.25, 0.3) is 15.0 Å². The molecule has 1 aliphatic rings.